The fourth-order valence-electron chi connectivity index (χ4n) is 3.08. The van der Waals surface area contributed by atoms with E-state index >= 15 is 0 Å². The number of nitrogens with zero attached hydrogens (tertiary/aromatic N) is 1. The van der Waals surface area contributed by atoms with Gasteiger partial charge in [0.1, 0.15) is 5.75 Å². The van der Waals surface area contributed by atoms with E-state index in [4.69, 9.17) is 4.74 Å². The van der Waals surface area contributed by atoms with Crippen LogP contribution < -0.4 is 15.4 Å². The average Bonchev–Trinajstić information content (AvgIpc) is 2.63. The lowest BCUT2D eigenvalue weighted by atomic mass is 9.92. The summed E-state index contributed by atoms with van der Waals surface area (Å²) in [6, 6.07) is 12.0. The molecule has 0 spiro atoms. The van der Waals surface area contributed by atoms with Gasteiger partial charge >= 0.3 is 0 Å². The van der Waals surface area contributed by atoms with Crippen LogP contribution >= 0.6 is 12.4 Å². The van der Waals surface area contributed by atoms with E-state index in [1.54, 1.807) is 12.3 Å². The van der Waals surface area contributed by atoms with Gasteiger partial charge in [-0.2, -0.15) is 0 Å². The summed E-state index contributed by atoms with van der Waals surface area (Å²) >= 11 is 0. The highest BCUT2D eigenvalue weighted by Gasteiger charge is 2.24. The van der Waals surface area contributed by atoms with Crippen LogP contribution in [0.5, 0.6) is 11.6 Å². The summed E-state index contributed by atoms with van der Waals surface area (Å²) in [7, 11) is 0. The Hall–Kier alpha value is -2.11. The minimum atomic E-state index is 0. The highest BCUT2D eigenvalue weighted by atomic mass is 35.5. The summed E-state index contributed by atoms with van der Waals surface area (Å²) in [4.78, 5) is 16.7. The lowest BCUT2D eigenvalue weighted by Crippen LogP contribution is -2.40. The van der Waals surface area contributed by atoms with E-state index in [0.717, 1.165) is 31.6 Å². The number of ether oxygens (including phenoxy) is 1. The van der Waals surface area contributed by atoms with Crippen molar-refractivity contribution >= 4 is 24.0 Å². The van der Waals surface area contributed by atoms with Gasteiger partial charge in [-0.1, -0.05) is 19.1 Å². The van der Waals surface area contributed by atoms with Crippen molar-refractivity contribution < 1.29 is 9.53 Å². The number of anilines is 1. The molecular weight excluding hydrogens is 350 g/mol. The van der Waals surface area contributed by atoms with Crippen LogP contribution in [-0.2, 0) is 11.2 Å². The van der Waals surface area contributed by atoms with Crippen LogP contribution in [0.3, 0.4) is 0 Å². The molecule has 1 amide bonds. The number of piperidine rings is 1. The number of amides is 1. The molecule has 2 N–H and O–H groups in total. The van der Waals surface area contributed by atoms with Crippen molar-refractivity contribution in [2.24, 2.45) is 5.92 Å². The molecule has 5 nitrogen and oxygen atoms in total. The molecule has 6 heteroatoms. The quantitative estimate of drug-likeness (QED) is 0.822. The number of aromatic nitrogens is 1. The second kappa shape index (κ2) is 9.55. The van der Waals surface area contributed by atoms with E-state index in [0.29, 0.717) is 17.6 Å². The molecule has 0 radical (unpaired) electrons. The number of aryl methyl sites for hydroxylation is 1. The molecule has 1 aliphatic rings. The Balaban J connectivity index is 0.00000243. The predicted molar refractivity (Wildman–Crippen MR) is 106 cm³/mol. The second-order valence-electron chi connectivity index (χ2n) is 6.55. The molecule has 1 aliphatic heterocycles. The van der Waals surface area contributed by atoms with Gasteiger partial charge in [0, 0.05) is 18.0 Å². The number of carbonyl (C=O) groups is 1. The number of hydrogen-bond donors (Lipinski definition) is 2. The lowest BCUT2D eigenvalue weighted by Gasteiger charge is -2.27. The second-order valence-corrected chi connectivity index (χ2v) is 6.55. The Kier molecular flexibility index (Phi) is 7.42. The first-order valence-corrected chi connectivity index (χ1v) is 8.91. The monoisotopic (exact) mass is 375 g/mol. The van der Waals surface area contributed by atoms with Gasteiger partial charge in [0.25, 0.3) is 0 Å². The van der Waals surface area contributed by atoms with E-state index in [1.807, 2.05) is 24.3 Å². The molecule has 1 fully saturated rings. The minimum Gasteiger partial charge on any atom is -0.439 e. The topological polar surface area (TPSA) is 63.2 Å². The van der Waals surface area contributed by atoms with E-state index in [-0.39, 0.29) is 24.2 Å². The fraction of sp³-hybridized carbons (Fsp3) is 0.400. The first kappa shape index (κ1) is 20.2. The molecule has 140 valence electrons. The summed E-state index contributed by atoms with van der Waals surface area (Å²) in [6.45, 7) is 5.11. The molecule has 0 bridgehead atoms. The van der Waals surface area contributed by atoms with Gasteiger partial charge in [-0.3, -0.25) is 4.79 Å². The van der Waals surface area contributed by atoms with Crippen LogP contribution in [0.1, 0.15) is 32.3 Å². The van der Waals surface area contributed by atoms with Crippen LogP contribution in [0.2, 0.25) is 0 Å². The normalized spacial score (nSPS) is 19.3. The Bertz CT molecular complexity index is 721. The summed E-state index contributed by atoms with van der Waals surface area (Å²) in [6.07, 6.45) is 4.35. The van der Waals surface area contributed by atoms with Crippen molar-refractivity contribution in [3.8, 4) is 11.6 Å². The zero-order valence-corrected chi connectivity index (χ0v) is 16.0. The Morgan fingerprint density at radius 2 is 2.19 bits per heavy atom. The third-order valence-corrected chi connectivity index (χ3v) is 4.53. The van der Waals surface area contributed by atoms with Crippen molar-refractivity contribution in [2.45, 2.75) is 39.2 Å². The first-order valence-electron chi connectivity index (χ1n) is 8.91. The van der Waals surface area contributed by atoms with Gasteiger partial charge in [-0.15, -0.1) is 12.4 Å². The van der Waals surface area contributed by atoms with Crippen molar-refractivity contribution in [1.29, 1.82) is 0 Å². The molecule has 1 aromatic heterocycles. The van der Waals surface area contributed by atoms with Gasteiger partial charge < -0.3 is 15.4 Å². The molecule has 1 saturated heterocycles. The number of pyridine rings is 1. The number of carbonyl (C=O) groups excluding carboxylic acids is 1. The lowest BCUT2D eigenvalue weighted by molar-refractivity contribution is -0.120. The number of benzene rings is 1. The van der Waals surface area contributed by atoms with Gasteiger partial charge in [-0.25, -0.2) is 4.98 Å². The summed E-state index contributed by atoms with van der Waals surface area (Å²) in [5.41, 5.74) is 1.92. The maximum absolute atomic E-state index is 12.4. The van der Waals surface area contributed by atoms with Crippen molar-refractivity contribution in [1.82, 2.24) is 10.3 Å². The van der Waals surface area contributed by atoms with Gasteiger partial charge in [0.05, 0.1) is 11.9 Å². The van der Waals surface area contributed by atoms with Crippen LogP contribution in [-0.4, -0.2) is 23.5 Å². The van der Waals surface area contributed by atoms with E-state index < -0.39 is 0 Å². The number of rotatable bonds is 5. The minimum absolute atomic E-state index is 0. The maximum Gasteiger partial charge on any atom is 0.227 e. The molecule has 0 saturated carbocycles. The van der Waals surface area contributed by atoms with Crippen molar-refractivity contribution in [3.63, 3.8) is 0 Å². The third-order valence-electron chi connectivity index (χ3n) is 4.53. The summed E-state index contributed by atoms with van der Waals surface area (Å²) in [5.74, 6) is 1.41. The molecular formula is C20H26ClN3O2. The summed E-state index contributed by atoms with van der Waals surface area (Å²) < 4.78 is 5.78. The predicted octanol–water partition coefficient (Wildman–Crippen LogP) is 4.18. The standard InChI is InChI=1S/C20H25N3O2.ClH/c1-3-15-5-4-6-18(12-15)25-19-8-7-17(13-22-19)23-20(24)16-9-10-21-14(2)11-16;/h4-8,12-14,16,21H,3,9-11H2,1-2H3,(H,23,24);1H/t14-,16-;/m0./s1. The molecule has 0 aliphatic carbocycles. The fourth-order valence-corrected chi connectivity index (χ4v) is 3.08. The number of halogens is 1. The van der Waals surface area contributed by atoms with Crippen LogP contribution in [0.4, 0.5) is 5.69 Å². The largest absolute Gasteiger partial charge is 0.439 e. The smallest absolute Gasteiger partial charge is 0.227 e. The van der Waals surface area contributed by atoms with Gasteiger partial charge in [-0.05, 0) is 56.5 Å². The Labute approximate surface area is 161 Å². The zero-order chi connectivity index (χ0) is 17.6. The van der Waals surface area contributed by atoms with Crippen LogP contribution in [0.25, 0.3) is 0 Å². The zero-order valence-electron chi connectivity index (χ0n) is 15.2. The molecule has 0 unspecified atom stereocenters. The maximum atomic E-state index is 12.4. The highest BCUT2D eigenvalue weighted by Crippen LogP contribution is 2.23. The SMILES string of the molecule is CCc1cccc(Oc2ccc(NC(=O)[C@H]3CCN[C@@H](C)C3)cn2)c1.Cl. The van der Waals surface area contributed by atoms with Crippen molar-refractivity contribution in [3.05, 3.63) is 48.2 Å². The molecule has 26 heavy (non-hydrogen) atoms. The molecule has 2 atom stereocenters. The van der Waals surface area contributed by atoms with E-state index in [2.05, 4.69) is 35.5 Å². The van der Waals surface area contributed by atoms with Crippen molar-refractivity contribution in [2.75, 3.05) is 11.9 Å². The molecule has 1 aromatic carbocycles. The van der Waals surface area contributed by atoms with Gasteiger partial charge in [0.2, 0.25) is 11.8 Å². The van der Waals surface area contributed by atoms with E-state index in [1.165, 1.54) is 5.56 Å². The Morgan fingerprint density at radius 1 is 1.35 bits per heavy atom. The number of hydrogen-bond acceptors (Lipinski definition) is 4. The average molecular weight is 376 g/mol. The Morgan fingerprint density at radius 3 is 2.88 bits per heavy atom. The van der Waals surface area contributed by atoms with E-state index in [9.17, 15) is 4.79 Å². The number of nitrogens with one attached hydrogen (secondary N) is 2. The molecule has 2 heterocycles. The van der Waals surface area contributed by atoms with Crippen LogP contribution in [0.15, 0.2) is 42.6 Å². The molecule has 3 rings (SSSR count). The van der Waals surface area contributed by atoms with Gasteiger partial charge in [0.15, 0.2) is 0 Å². The first-order chi connectivity index (χ1) is 12.1. The highest BCUT2D eigenvalue weighted by molar-refractivity contribution is 5.92. The summed E-state index contributed by atoms with van der Waals surface area (Å²) in [5, 5.41) is 6.32. The third kappa shape index (κ3) is 5.44. The molecule has 2 aromatic rings. The van der Waals surface area contributed by atoms with Crippen LogP contribution in [0, 0.1) is 5.92 Å².